The zero-order chi connectivity index (χ0) is 16.1. The van der Waals surface area contributed by atoms with Crippen molar-refractivity contribution in [3.8, 4) is 5.88 Å². The third kappa shape index (κ3) is 4.14. The van der Waals surface area contributed by atoms with Crippen LogP contribution < -0.4 is 4.74 Å². The van der Waals surface area contributed by atoms with E-state index in [1.54, 1.807) is 13.1 Å². The van der Waals surface area contributed by atoms with Gasteiger partial charge >= 0.3 is 11.6 Å². The van der Waals surface area contributed by atoms with Crippen LogP contribution >= 0.6 is 27.5 Å². The van der Waals surface area contributed by atoms with E-state index in [9.17, 15) is 10.1 Å². The predicted molar refractivity (Wildman–Crippen MR) is 83.2 cm³/mol. The Hall–Kier alpha value is -1.74. The second kappa shape index (κ2) is 7.50. The van der Waals surface area contributed by atoms with Gasteiger partial charge in [0.1, 0.15) is 5.69 Å². The van der Waals surface area contributed by atoms with Crippen LogP contribution in [0.15, 0.2) is 10.7 Å². The maximum Gasteiger partial charge on any atom is 0.352 e. The molecular weight excluding hydrogens is 378 g/mol. The number of hydrogen-bond donors (Lipinski definition) is 1. The minimum Gasteiger partial charge on any atom is -0.472 e. The summed E-state index contributed by atoms with van der Waals surface area (Å²) in [6, 6.07) is 0. The number of nitrogens with zero attached hydrogens (tertiary/aromatic N) is 4. The van der Waals surface area contributed by atoms with Gasteiger partial charge in [-0.2, -0.15) is 0 Å². The van der Waals surface area contributed by atoms with Crippen LogP contribution in [0.1, 0.15) is 24.2 Å². The van der Waals surface area contributed by atoms with Crippen molar-refractivity contribution in [3.05, 3.63) is 37.5 Å². The molecule has 0 fully saturated rings. The normalized spacial score (nSPS) is 10.7. The average Bonchev–Trinajstić information content (AvgIpc) is 2.83. The van der Waals surface area contributed by atoms with E-state index in [1.807, 2.05) is 0 Å². The summed E-state index contributed by atoms with van der Waals surface area (Å²) in [6.07, 6.45) is 3.81. The molecule has 10 heteroatoms. The molecule has 2 aromatic heterocycles. The zero-order valence-electron chi connectivity index (χ0n) is 11.7. The van der Waals surface area contributed by atoms with Crippen molar-refractivity contribution in [2.75, 3.05) is 6.61 Å². The number of nitro groups is 1. The molecule has 1 N–H and O–H groups in total. The number of hydrogen-bond acceptors (Lipinski definition) is 6. The quantitative estimate of drug-likeness (QED) is 0.336. The molecule has 118 valence electrons. The topological polar surface area (TPSA) is 107 Å². The van der Waals surface area contributed by atoms with Gasteiger partial charge in [0.15, 0.2) is 0 Å². The number of aromatic nitrogens is 4. The lowest BCUT2D eigenvalue weighted by atomic mass is 10.2. The standard InChI is InChI=1S/C12H13BrClN5O3/c1-7-10(19(20)21)11(18-17-7)22-5-3-2-4-9-8(13)6-15-12(14)16-9/h6H,2-5H2,1H3,(H,17,18). The van der Waals surface area contributed by atoms with Crippen LogP contribution in [0.25, 0.3) is 0 Å². The lowest BCUT2D eigenvalue weighted by molar-refractivity contribution is -0.386. The maximum atomic E-state index is 10.9. The Balaban J connectivity index is 1.81. The molecule has 0 saturated heterocycles. The fourth-order valence-electron chi connectivity index (χ4n) is 1.83. The number of H-pyrrole nitrogens is 1. The molecule has 2 rings (SSSR count). The highest BCUT2D eigenvalue weighted by atomic mass is 79.9. The molecular formula is C12H13BrClN5O3. The Bertz CT molecular complexity index is 679. The molecule has 8 nitrogen and oxygen atoms in total. The number of ether oxygens (including phenoxy) is 1. The highest BCUT2D eigenvalue weighted by Crippen LogP contribution is 2.27. The number of halogens is 2. The van der Waals surface area contributed by atoms with E-state index in [2.05, 4.69) is 36.1 Å². The van der Waals surface area contributed by atoms with E-state index in [4.69, 9.17) is 16.3 Å². The van der Waals surface area contributed by atoms with E-state index >= 15 is 0 Å². The van der Waals surface area contributed by atoms with Gasteiger partial charge in [-0.1, -0.05) is 0 Å². The maximum absolute atomic E-state index is 10.9. The highest BCUT2D eigenvalue weighted by molar-refractivity contribution is 9.10. The summed E-state index contributed by atoms with van der Waals surface area (Å²) >= 11 is 9.10. The van der Waals surface area contributed by atoms with Crippen LogP contribution in [0.3, 0.4) is 0 Å². The zero-order valence-corrected chi connectivity index (χ0v) is 14.0. The summed E-state index contributed by atoms with van der Waals surface area (Å²) < 4.78 is 6.16. The molecule has 22 heavy (non-hydrogen) atoms. The van der Waals surface area contributed by atoms with E-state index in [-0.39, 0.29) is 16.9 Å². The Kier molecular flexibility index (Phi) is 5.67. The third-order valence-electron chi connectivity index (χ3n) is 2.90. The SMILES string of the molecule is Cc1[nH]nc(OCCCCc2nc(Cl)ncc2Br)c1[N+](=O)[O-]. The summed E-state index contributed by atoms with van der Waals surface area (Å²) in [7, 11) is 0. The van der Waals surface area contributed by atoms with Gasteiger partial charge in [-0.15, -0.1) is 5.10 Å². The Morgan fingerprint density at radius 2 is 2.27 bits per heavy atom. The van der Waals surface area contributed by atoms with Gasteiger partial charge in [-0.05, 0) is 53.7 Å². The Morgan fingerprint density at radius 3 is 3.00 bits per heavy atom. The van der Waals surface area contributed by atoms with E-state index in [1.165, 1.54) is 0 Å². The first-order valence-electron chi connectivity index (χ1n) is 6.48. The van der Waals surface area contributed by atoms with Crippen molar-refractivity contribution in [2.45, 2.75) is 26.2 Å². The average molecular weight is 391 g/mol. The van der Waals surface area contributed by atoms with Gasteiger partial charge in [0.25, 0.3) is 0 Å². The molecule has 0 aromatic carbocycles. The second-order valence-electron chi connectivity index (χ2n) is 4.50. The minimum atomic E-state index is -0.506. The third-order valence-corrected chi connectivity index (χ3v) is 3.74. The van der Waals surface area contributed by atoms with Crippen molar-refractivity contribution in [2.24, 2.45) is 0 Å². The van der Waals surface area contributed by atoms with Crippen LogP contribution in [0, 0.1) is 17.0 Å². The molecule has 0 bridgehead atoms. The van der Waals surface area contributed by atoms with Crippen molar-refractivity contribution in [1.29, 1.82) is 0 Å². The lowest BCUT2D eigenvalue weighted by Crippen LogP contribution is -2.02. The Morgan fingerprint density at radius 1 is 1.50 bits per heavy atom. The lowest BCUT2D eigenvalue weighted by Gasteiger charge is -2.04. The number of aromatic amines is 1. The molecule has 0 radical (unpaired) electrons. The first-order valence-corrected chi connectivity index (χ1v) is 7.65. The van der Waals surface area contributed by atoms with Crippen molar-refractivity contribution < 1.29 is 9.66 Å². The summed E-state index contributed by atoms with van der Waals surface area (Å²) in [5.74, 6) is 0.0220. The molecule has 2 aromatic rings. The summed E-state index contributed by atoms with van der Waals surface area (Å²) in [5, 5.41) is 17.4. The van der Waals surface area contributed by atoms with Crippen LogP contribution in [0.2, 0.25) is 5.28 Å². The largest absolute Gasteiger partial charge is 0.472 e. The fraction of sp³-hybridized carbons (Fsp3) is 0.417. The molecule has 0 saturated carbocycles. The van der Waals surface area contributed by atoms with Crippen molar-refractivity contribution in [3.63, 3.8) is 0 Å². The number of aryl methyl sites for hydroxylation is 2. The van der Waals surface area contributed by atoms with E-state index in [0.29, 0.717) is 25.1 Å². The van der Waals surface area contributed by atoms with Crippen LogP contribution in [0.4, 0.5) is 5.69 Å². The highest BCUT2D eigenvalue weighted by Gasteiger charge is 2.22. The van der Waals surface area contributed by atoms with Gasteiger partial charge in [0, 0.05) is 6.20 Å². The van der Waals surface area contributed by atoms with Crippen LogP contribution in [-0.4, -0.2) is 31.7 Å². The van der Waals surface area contributed by atoms with Gasteiger partial charge in [-0.25, -0.2) is 9.97 Å². The monoisotopic (exact) mass is 389 g/mol. The molecule has 0 aliphatic rings. The Labute approximate surface area is 139 Å². The van der Waals surface area contributed by atoms with Crippen LogP contribution in [0.5, 0.6) is 5.88 Å². The summed E-state index contributed by atoms with van der Waals surface area (Å²) in [4.78, 5) is 18.4. The first kappa shape index (κ1) is 16.6. The van der Waals surface area contributed by atoms with Gasteiger partial charge < -0.3 is 4.74 Å². The van der Waals surface area contributed by atoms with E-state index in [0.717, 1.165) is 16.6 Å². The molecule has 0 spiro atoms. The van der Waals surface area contributed by atoms with Crippen molar-refractivity contribution in [1.82, 2.24) is 20.2 Å². The summed E-state index contributed by atoms with van der Waals surface area (Å²) in [5.41, 5.74) is 1.08. The summed E-state index contributed by atoms with van der Waals surface area (Å²) in [6.45, 7) is 1.91. The minimum absolute atomic E-state index is 0.0220. The predicted octanol–water partition coefficient (Wildman–Crippen LogP) is 3.23. The molecule has 0 aliphatic heterocycles. The molecule has 2 heterocycles. The van der Waals surface area contributed by atoms with Crippen molar-refractivity contribution >= 4 is 33.2 Å². The fourth-order valence-corrected chi connectivity index (χ4v) is 2.37. The second-order valence-corrected chi connectivity index (χ2v) is 5.69. The molecule has 0 atom stereocenters. The number of rotatable bonds is 7. The molecule has 0 aliphatic carbocycles. The van der Waals surface area contributed by atoms with Gasteiger partial charge in [-0.3, -0.25) is 15.2 Å². The van der Waals surface area contributed by atoms with E-state index < -0.39 is 4.92 Å². The number of unbranched alkanes of at least 4 members (excludes halogenated alkanes) is 1. The molecule has 0 unspecified atom stereocenters. The van der Waals surface area contributed by atoms with Crippen LogP contribution in [-0.2, 0) is 6.42 Å². The van der Waals surface area contributed by atoms with Gasteiger partial charge in [0.05, 0.1) is 21.7 Å². The smallest absolute Gasteiger partial charge is 0.352 e. The number of nitrogens with one attached hydrogen (secondary N) is 1. The first-order chi connectivity index (χ1) is 10.5. The van der Waals surface area contributed by atoms with Gasteiger partial charge in [0.2, 0.25) is 5.28 Å². The molecule has 0 amide bonds.